The third kappa shape index (κ3) is 2.79. The van der Waals surface area contributed by atoms with E-state index < -0.39 is 0 Å². The number of carbonyl (C=O) groups is 1. The molecule has 5 heteroatoms. The van der Waals surface area contributed by atoms with Crippen LogP contribution in [0.1, 0.15) is 23.2 Å². The lowest BCUT2D eigenvalue weighted by Crippen LogP contribution is -2.25. The van der Waals surface area contributed by atoms with Gasteiger partial charge in [-0.15, -0.1) is 0 Å². The number of methoxy groups -OCH3 is 1. The quantitative estimate of drug-likeness (QED) is 0.872. The Bertz CT molecular complexity index is 678. The standard InChI is InChI=1S/C17H17FN2O2/c1-22-15-6-2-4-12(17(15)18)7-8-16(21)20-10-13-5-3-9-19-14(13)11-20/h2-6,9H,7-8,10-11H2,1H3. The van der Waals surface area contributed by atoms with Gasteiger partial charge in [-0.3, -0.25) is 9.78 Å². The second kappa shape index (κ2) is 6.13. The molecule has 1 amide bonds. The molecule has 22 heavy (non-hydrogen) atoms. The minimum atomic E-state index is -0.385. The maximum atomic E-state index is 14.1. The molecule has 1 aliphatic rings. The average molecular weight is 300 g/mol. The molecule has 0 radical (unpaired) electrons. The third-order valence-corrected chi connectivity index (χ3v) is 3.91. The Morgan fingerprint density at radius 1 is 1.32 bits per heavy atom. The molecular weight excluding hydrogens is 283 g/mol. The summed E-state index contributed by atoms with van der Waals surface area (Å²) in [5, 5.41) is 0. The van der Waals surface area contributed by atoms with Crippen LogP contribution in [0.25, 0.3) is 0 Å². The number of nitrogens with zero attached hydrogens (tertiary/aromatic N) is 2. The summed E-state index contributed by atoms with van der Waals surface area (Å²) in [5.41, 5.74) is 2.54. The van der Waals surface area contributed by atoms with Crippen LogP contribution in [0.5, 0.6) is 5.75 Å². The molecular formula is C17H17FN2O2. The van der Waals surface area contributed by atoms with E-state index in [1.54, 1.807) is 29.3 Å². The lowest BCUT2D eigenvalue weighted by atomic mass is 10.1. The number of aryl methyl sites for hydroxylation is 1. The van der Waals surface area contributed by atoms with Gasteiger partial charge in [0.15, 0.2) is 11.6 Å². The first-order valence-corrected chi connectivity index (χ1v) is 7.21. The van der Waals surface area contributed by atoms with Crippen LogP contribution < -0.4 is 4.74 Å². The summed E-state index contributed by atoms with van der Waals surface area (Å²) in [4.78, 5) is 18.3. The fraction of sp³-hybridized carbons (Fsp3) is 0.294. The van der Waals surface area contributed by atoms with Gasteiger partial charge >= 0.3 is 0 Å². The van der Waals surface area contributed by atoms with E-state index in [-0.39, 0.29) is 23.9 Å². The van der Waals surface area contributed by atoms with Gasteiger partial charge in [-0.1, -0.05) is 18.2 Å². The third-order valence-electron chi connectivity index (χ3n) is 3.91. The summed E-state index contributed by atoms with van der Waals surface area (Å²) in [6.07, 6.45) is 2.37. The Balaban J connectivity index is 1.62. The summed E-state index contributed by atoms with van der Waals surface area (Å²) >= 11 is 0. The van der Waals surface area contributed by atoms with Gasteiger partial charge in [0.05, 0.1) is 19.3 Å². The van der Waals surface area contributed by atoms with Gasteiger partial charge in [-0.05, 0) is 29.7 Å². The molecule has 0 atom stereocenters. The van der Waals surface area contributed by atoms with Crippen LogP contribution in [-0.2, 0) is 24.3 Å². The zero-order valence-electron chi connectivity index (χ0n) is 12.4. The van der Waals surface area contributed by atoms with Crippen LogP contribution in [0.2, 0.25) is 0 Å². The van der Waals surface area contributed by atoms with Crippen LogP contribution in [0, 0.1) is 5.82 Å². The fourth-order valence-corrected chi connectivity index (χ4v) is 2.68. The number of ether oxygens (including phenoxy) is 1. The van der Waals surface area contributed by atoms with Crippen LogP contribution in [-0.4, -0.2) is 22.9 Å². The van der Waals surface area contributed by atoms with Crippen molar-refractivity contribution in [1.82, 2.24) is 9.88 Å². The minimum Gasteiger partial charge on any atom is -0.494 e. The molecule has 2 heterocycles. The lowest BCUT2D eigenvalue weighted by Gasteiger charge is -2.15. The number of fused-ring (bicyclic) bond motifs is 1. The molecule has 0 N–H and O–H groups in total. The first-order valence-electron chi connectivity index (χ1n) is 7.21. The van der Waals surface area contributed by atoms with E-state index in [4.69, 9.17) is 4.74 Å². The first kappa shape index (κ1) is 14.5. The van der Waals surface area contributed by atoms with Crippen LogP contribution in [0.3, 0.4) is 0 Å². The fourth-order valence-electron chi connectivity index (χ4n) is 2.68. The molecule has 0 aliphatic carbocycles. The highest BCUT2D eigenvalue weighted by atomic mass is 19.1. The number of hydrogen-bond acceptors (Lipinski definition) is 3. The molecule has 0 fully saturated rings. The Kier molecular flexibility index (Phi) is 4.04. The minimum absolute atomic E-state index is 0.0141. The van der Waals surface area contributed by atoms with Gasteiger partial charge in [0.25, 0.3) is 0 Å². The number of carbonyl (C=O) groups excluding carboxylic acids is 1. The van der Waals surface area contributed by atoms with Gasteiger partial charge in [0, 0.05) is 19.2 Å². The Morgan fingerprint density at radius 3 is 2.95 bits per heavy atom. The van der Waals surface area contributed by atoms with Gasteiger partial charge in [0.1, 0.15) is 0 Å². The van der Waals surface area contributed by atoms with E-state index in [2.05, 4.69) is 4.98 Å². The molecule has 1 aromatic heterocycles. The lowest BCUT2D eigenvalue weighted by molar-refractivity contribution is -0.131. The molecule has 4 nitrogen and oxygen atoms in total. The number of pyridine rings is 1. The van der Waals surface area contributed by atoms with Crippen LogP contribution in [0.15, 0.2) is 36.5 Å². The topological polar surface area (TPSA) is 42.4 Å². The highest BCUT2D eigenvalue weighted by Gasteiger charge is 2.23. The Labute approximate surface area is 128 Å². The molecule has 0 saturated heterocycles. The summed E-state index contributed by atoms with van der Waals surface area (Å²) in [6.45, 7) is 1.12. The van der Waals surface area contributed by atoms with Crippen molar-refractivity contribution in [3.63, 3.8) is 0 Å². The van der Waals surface area contributed by atoms with E-state index in [0.29, 0.717) is 25.1 Å². The van der Waals surface area contributed by atoms with Gasteiger partial charge in [-0.2, -0.15) is 0 Å². The van der Waals surface area contributed by atoms with Crippen molar-refractivity contribution >= 4 is 5.91 Å². The summed E-state index contributed by atoms with van der Waals surface area (Å²) in [6, 6.07) is 8.85. The van der Waals surface area contributed by atoms with Crippen molar-refractivity contribution in [2.45, 2.75) is 25.9 Å². The normalized spacial score (nSPS) is 13.1. The molecule has 1 aliphatic heterocycles. The second-order valence-electron chi connectivity index (χ2n) is 5.29. The van der Waals surface area contributed by atoms with E-state index >= 15 is 0 Å². The van der Waals surface area contributed by atoms with Gasteiger partial charge in [0.2, 0.25) is 5.91 Å². The van der Waals surface area contributed by atoms with Crippen molar-refractivity contribution in [2.24, 2.45) is 0 Å². The van der Waals surface area contributed by atoms with E-state index in [9.17, 15) is 9.18 Å². The molecule has 0 saturated carbocycles. The Hall–Kier alpha value is -2.43. The van der Waals surface area contributed by atoms with E-state index in [1.165, 1.54) is 7.11 Å². The summed E-state index contributed by atoms with van der Waals surface area (Å²) in [5.74, 6) is -0.160. The number of halogens is 1. The van der Waals surface area contributed by atoms with Gasteiger partial charge in [-0.25, -0.2) is 4.39 Å². The highest BCUT2D eigenvalue weighted by Crippen LogP contribution is 2.23. The Morgan fingerprint density at radius 2 is 2.18 bits per heavy atom. The highest BCUT2D eigenvalue weighted by molar-refractivity contribution is 5.77. The number of aromatic nitrogens is 1. The smallest absolute Gasteiger partial charge is 0.223 e. The van der Waals surface area contributed by atoms with Crippen molar-refractivity contribution in [3.05, 3.63) is 59.2 Å². The molecule has 0 unspecified atom stereocenters. The average Bonchev–Trinajstić information content (AvgIpc) is 2.98. The predicted molar refractivity (Wildman–Crippen MR) is 79.8 cm³/mol. The van der Waals surface area contributed by atoms with Crippen molar-refractivity contribution < 1.29 is 13.9 Å². The summed E-state index contributed by atoms with van der Waals surface area (Å²) < 4.78 is 19.0. The largest absolute Gasteiger partial charge is 0.494 e. The molecule has 0 bridgehead atoms. The predicted octanol–water partition coefficient (Wildman–Crippen LogP) is 2.70. The monoisotopic (exact) mass is 300 g/mol. The van der Waals surface area contributed by atoms with Crippen LogP contribution in [0.4, 0.5) is 4.39 Å². The van der Waals surface area contributed by atoms with Gasteiger partial charge < -0.3 is 9.64 Å². The number of rotatable bonds is 4. The zero-order valence-corrected chi connectivity index (χ0v) is 12.4. The molecule has 2 aromatic rings. The number of hydrogen-bond donors (Lipinski definition) is 0. The summed E-state index contributed by atoms with van der Waals surface area (Å²) in [7, 11) is 1.43. The zero-order chi connectivity index (χ0) is 15.5. The molecule has 114 valence electrons. The molecule has 1 aromatic carbocycles. The van der Waals surface area contributed by atoms with Crippen molar-refractivity contribution in [1.29, 1.82) is 0 Å². The maximum absolute atomic E-state index is 14.1. The van der Waals surface area contributed by atoms with E-state index in [0.717, 1.165) is 11.3 Å². The SMILES string of the molecule is COc1cccc(CCC(=O)N2Cc3cccnc3C2)c1F. The molecule has 0 spiro atoms. The van der Waals surface area contributed by atoms with E-state index in [1.807, 2.05) is 12.1 Å². The molecule has 3 rings (SSSR count). The number of amides is 1. The number of benzene rings is 1. The van der Waals surface area contributed by atoms with Crippen LogP contribution >= 0.6 is 0 Å². The van der Waals surface area contributed by atoms with Crippen molar-refractivity contribution in [3.8, 4) is 5.75 Å². The second-order valence-corrected chi connectivity index (χ2v) is 5.29. The maximum Gasteiger partial charge on any atom is 0.223 e. The van der Waals surface area contributed by atoms with Crippen molar-refractivity contribution in [2.75, 3.05) is 7.11 Å². The first-order chi connectivity index (χ1) is 10.7.